The number of carbonyl (C=O) groups is 2. The van der Waals surface area contributed by atoms with Crippen molar-refractivity contribution in [2.75, 3.05) is 19.8 Å². The maximum absolute atomic E-state index is 13.3. The van der Waals surface area contributed by atoms with Crippen molar-refractivity contribution in [1.29, 1.82) is 0 Å². The summed E-state index contributed by atoms with van der Waals surface area (Å²) in [6, 6.07) is 0. The first-order valence-corrected chi connectivity index (χ1v) is 24.4. The largest absolute Gasteiger partial charge is 0.479 e. The second-order valence-electron chi connectivity index (χ2n) is 23.3. The van der Waals surface area contributed by atoms with Crippen LogP contribution in [-0.2, 0) is 38.0 Å². The highest BCUT2D eigenvalue weighted by molar-refractivity contribution is 5.80. The van der Waals surface area contributed by atoms with Gasteiger partial charge in [-0.1, -0.05) is 46.3 Å². The van der Waals surface area contributed by atoms with Crippen LogP contribution < -0.4 is 0 Å². The number of carbonyl (C=O) groups excluding carboxylic acids is 1. The fraction of sp³-hybridized carbons (Fsp3) is 0.917. The van der Waals surface area contributed by atoms with Gasteiger partial charge in [-0.05, 0) is 104 Å². The molecule has 19 heteroatoms. The van der Waals surface area contributed by atoms with Gasteiger partial charge in [0, 0.05) is 18.4 Å². The van der Waals surface area contributed by atoms with E-state index in [9.17, 15) is 65.8 Å². The summed E-state index contributed by atoms with van der Waals surface area (Å²) < 4.78 is 36.3. The molecule has 9 aliphatic rings. The Kier molecular flexibility index (Phi) is 12.8. The Morgan fingerprint density at radius 2 is 1.40 bits per heavy atom. The van der Waals surface area contributed by atoms with Gasteiger partial charge in [-0.3, -0.25) is 4.79 Å². The van der Waals surface area contributed by atoms with E-state index in [0.717, 1.165) is 25.7 Å². The molecule has 4 heterocycles. The number of esters is 1. The van der Waals surface area contributed by atoms with Crippen molar-refractivity contribution < 1.29 is 94.2 Å². The Morgan fingerprint density at radius 1 is 0.716 bits per heavy atom. The lowest BCUT2D eigenvalue weighted by Gasteiger charge is -2.72. The zero-order valence-corrected chi connectivity index (χ0v) is 39.3. The van der Waals surface area contributed by atoms with Crippen LogP contribution in [0.3, 0.4) is 0 Å². The van der Waals surface area contributed by atoms with E-state index >= 15 is 0 Å². The van der Waals surface area contributed by atoms with Crippen molar-refractivity contribution in [2.24, 2.45) is 56.2 Å². The number of allylic oxidation sites excluding steroid dienone is 2. The van der Waals surface area contributed by atoms with Crippen LogP contribution in [0, 0.1) is 56.2 Å². The number of aliphatic carboxylic acids is 1. The van der Waals surface area contributed by atoms with Crippen LogP contribution in [0.1, 0.15) is 99.3 Å². The van der Waals surface area contributed by atoms with Crippen LogP contribution >= 0.6 is 0 Å². The Balaban J connectivity index is 1.03. The number of hydrogen-bond donors (Lipinski definition) is 11. The standard InChI is InChI=1S/C48H74O19/c1-20-28(52)30(54)34(58)40(62-20)67-38-31(55)29(53)24(17-49)63-41(38)66-36-32(56)33(57)37(39(59)60)65-35(36)22-9-11-44(3)25(45(22,4)18-50)10-12-47(6)26(44)8-7-21-23-15-48(19-51)16-27(64-42(48)61)43(23,2)13-14-46(21,47)5/h7,20,22-38,40-41,49-58H,8-19H2,1-6H3,(H,59,60)/t20-,22+,23-,24+,25+,26+,27+,28-,29-,30+,31-,32-,33-,34+,35-,36+,37-,38+,40-,41-,43+,44-,45-,46+,47+,48+/m0/s1. The molecule has 8 fully saturated rings. The average molecular weight is 955 g/mol. The highest BCUT2D eigenvalue weighted by Gasteiger charge is 2.72. The molecule has 0 aromatic heterocycles. The van der Waals surface area contributed by atoms with Crippen LogP contribution in [0.2, 0.25) is 0 Å². The number of aliphatic hydroxyl groups excluding tert-OH is 10. The SMILES string of the molecule is C[C@@H]1O[C@@H](O[C@H]2[C@H](O[C@@H]3[C@@H](O)[C@H](O)[C@@H](C(=O)O)O[C@H]3[C@H]3CC[C@@]4(C)[C@@H](CC[C@]5(C)[C@@H]4CC=C4[C@@H]6C[C@]7(CO)C[C@@H](OC7=O)[C@]6(C)CC[C@]45C)[C@@]3(C)CO)O[C@H](CO)[C@H](O)[C@@H]2O)[C@H](O)[C@H](O)[C@H]1O. The van der Waals surface area contributed by atoms with Gasteiger partial charge in [0.15, 0.2) is 18.7 Å². The number of carboxylic acid groups (broad SMARTS) is 1. The van der Waals surface area contributed by atoms with E-state index in [1.807, 2.05) is 6.92 Å². The molecule has 26 atom stereocenters. The van der Waals surface area contributed by atoms with Crippen molar-refractivity contribution in [1.82, 2.24) is 0 Å². The molecular weight excluding hydrogens is 881 g/mol. The molecule has 0 aromatic carbocycles. The lowest BCUT2D eigenvalue weighted by molar-refractivity contribution is -0.383. The number of rotatable bonds is 9. The van der Waals surface area contributed by atoms with Crippen LogP contribution in [0.15, 0.2) is 11.6 Å². The molecule has 4 saturated heterocycles. The van der Waals surface area contributed by atoms with Crippen LogP contribution in [-0.4, -0.2) is 186 Å². The summed E-state index contributed by atoms with van der Waals surface area (Å²) in [7, 11) is 0. The molecule has 5 aliphatic carbocycles. The first-order valence-electron chi connectivity index (χ1n) is 24.4. The van der Waals surface area contributed by atoms with Crippen molar-refractivity contribution in [2.45, 2.75) is 197 Å². The fourth-order valence-corrected chi connectivity index (χ4v) is 16.1. The van der Waals surface area contributed by atoms with Crippen molar-refractivity contribution >= 4 is 11.9 Å². The van der Waals surface area contributed by atoms with E-state index < -0.39 is 121 Å². The Labute approximate surface area is 390 Å². The van der Waals surface area contributed by atoms with E-state index in [2.05, 4.69) is 33.8 Å². The van der Waals surface area contributed by atoms with Gasteiger partial charge in [-0.2, -0.15) is 0 Å². The second-order valence-corrected chi connectivity index (χ2v) is 23.3. The van der Waals surface area contributed by atoms with Crippen LogP contribution in [0.5, 0.6) is 0 Å². The zero-order chi connectivity index (χ0) is 48.7. The molecule has 0 unspecified atom stereocenters. The van der Waals surface area contributed by atoms with Gasteiger partial charge < -0.3 is 84.6 Å². The Bertz CT molecular complexity index is 1940. The minimum atomic E-state index is -2.03. The highest BCUT2D eigenvalue weighted by atomic mass is 16.8. The van der Waals surface area contributed by atoms with E-state index in [0.29, 0.717) is 32.1 Å². The molecule has 2 bridgehead atoms. The molecule has 19 nitrogen and oxygen atoms in total. The first-order chi connectivity index (χ1) is 31.4. The van der Waals surface area contributed by atoms with Gasteiger partial charge in [0.1, 0.15) is 67.1 Å². The van der Waals surface area contributed by atoms with Gasteiger partial charge in [0.25, 0.3) is 0 Å². The molecule has 0 radical (unpaired) electrons. The topological polar surface area (TPSA) is 312 Å². The summed E-state index contributed by atoms with van der Waals surface area (Å²) in [5, 5.41) is 120. The minimum absolute atomic E-state index is 0.0631. The van der Waals surface area contributed by atoms with E-state index in [-0.39, 0.29) is 64.7 Å². The number of ether oxygens (including phenoxy) is 6. The van der Waals surface area contributed by atoms with Crippen molar-refractivity contribution in [3.63, 3.8) is 0 Å². The molecule has 0 spiro atoms. The van der Waals surface area contributed by atoms with Gasteiger partial charge in [-0.25, -0.2) is 4.79 Å². The van der Waals surface area contributed by atoms with Gasteiger partial charge in [-0.15, -0.1) is 0 Å². The molecule has 0 aromatic rings. The summed E-state index contributed by atoms with van der Waals surface area (Å²) in [6.45, 7) is 11.3. The average Bonchev–Trinajstić information content (AvgIpc) is 3.59. The maximum atomic E-state index is 13.3. The lowest BCUT2D eigenvalue weighted by atomic mass is 9.33. The molecule has 4 saturated carbocycles. The molecule has 0 amide bonds. The predicted octanol–water partition coefficient (Wildman–Crippen LogP) is -0.505. The summed E-state index contributed by atoms with van der Waals surface area (Å²) in [5.41, 5.74) is -1.60. The smallest absolute Gasteiger partial charge is 0.335 e. The number of hydrogen-bond acceptors (Lipinski definition) is 18. The third-order valence-corrected chi connectivity index (χ3v) is 20.5. The number of fused-ring (bicyclic) bond motifs is 10. The normalized spacial score (nSPS) is 57.3. The summed E-state index contributed by atoms with van der Waals surface area (Å²) in [4.78, 5) is 26.0. The second kappa shape index (κ2) is 17.1. The summed E-state index contributed by atoms with van der Waals surface area (Å²) >= 11 is 0. The Morgan fingerprint density at radius 3 is 2.06 bits per heavy atom. The number of carboxylic acids is 1. The quantitative estimate of drug-likeness (QED) is 0.103. The van der Waals surface area contributed by atoms with Gasteiger partial charge in [0.05, 0.1) is 30.8 Å². The third kappa shape index (κ3) is 7.06. The van der Waals surface area contributed by atoms with Crippen LogP contribution in [0.25, 0.3) is 0 Å². The van der Waals surface area contributed by atoms with Gasteiger partial charge in [0.2, 0.25) is 0 Å². The molecule has 9 rings (SSSR count). The molecular formula is C48H74O19. The van der Waals surface area contributed by atoms with Crippen molar-refractivity contribution in [3.8, 4) is 0 Å². The highest BCUT2D eigenvalue weighted by Crippen LogP contribution is 2.77. The third-order valence-electron chi connectivity index (χ3n) is 20.5. The summed E-state index contributed by atoms with van der Waals surface area (Å²) in [5.74, 6) is -2.50. The lowest BCUT2D eigenvalue weighted by Crippen LogP contribution is -2.70. The maximum Gasteiger partial charge on any atom is 0.335 e. The van der Waals surface area contributed by atoms with E-state index in [1.165, 1.54) is 12.5 Å². The number of aliphatic hydroxyl groups is 10. The van der Waals surface area contributed by atoms with E-state index in [4.69, 9.17) is 28.4 Å². The molecule has 67 heavy (non-hydrogen) atoms. The van der Waals surface area contributed by atoms with Gasteiger partial charge >= 0.3 is 11.9 Å². The zero-order valence-electron chi connectivity index (χ0n) is 39.3. The summed E-state index contributed by atoms with van der Waals surface area (Å²) in [6.07, 6.45) is -17.2. The predicted molar refractivity (Wildman–Crippen MR) is 229 cm³/mol. The van der Waals surface area contributed by atoms with E-state index in [1.54, 1.807) is 0 Å². The fourth-order valence-electron chi connectivity index (χ4n) is 16.1. The molecule has 380 valence electrons. The van der Waals surface area contributed by atoms with Crippen molar-refractivity contribution in [3.05, 3.63) is 11.6 Å². The van der Waals surface area contributed by atoms with Crippen LogP contribution in [0.4, 0.5) is 0 Å². The molecule has 4 aliphatic heterocycles. The Hall–Kier alpha value is -1.92. The molecule has 11 N–H and O–H groups in total. The minimum Gasteiger partial charge on any atom is -0.479 e. The first kappa shape index (κ1) is 50.0. The monoisotopic (exact) mass is 954 g/mol.